The molecule has 0 aromatic rings. The van der Waals surface area contributed by atoms with Crippen LogP contribution in [0.3, 0.4) is 0 Å². The normalized spacial score (nSPS) is 12.7. The summed E-state index contributed by atoms with van der Waals surface area (Å²) in [7, 11) is 0. The molecule has 0 saturated carbocycles. The van der Waals surface area contributed by atoms with Gasteiger partial charge in [-0.15, -0.1) is 0 Å². The molecule has 0 amide bonds. The quantitative estimate of drug-likeness (QED) is 0.544. The van der Waals surface area contributed by atoms with Crippen LogP contribution in [0.25, 0.3) is 0 Å². The molecular formula is C12H25NO3. The summed E-state index contributed by atoms with van der Waals surface area (Å²) in [4.78, 5) is 11.4. The van der Waals surface area contributed by atoms with E-state index in [-0.39, 0.29) is 18.3 Å². The lowest BCUT2D eigenvalue weighted by Gasteiger charge is -2.08. The van der Waals surface area contributed by atoms with E-state index in [1.54, 1.807) is 0 Å². The summed E-state index contributed by atoms with van der Waals surface area (Å²) in [6.07, 6.45) is 0.876. The number of hydrogen-bond donors (Lipinski definition) is 1. The van der Waals surface area contributed by atoms with E-state index in [1.165, 1.54) is 0 Å². The number of ether oxygens (including phenoxy) is 2. The average Bonchev–Trinajstić information content (AvgIpc) is 2.31. The van der Waals surface area contributed by atoms with Crippen LogP contribution in [0.4, 0.5) is 0 Å². The smallest absolute Gasteiger partial charge is 0.161 e. The highest BCUT2D eigenvalue weighted by molar-refractivity contribution is 5.81. The molecule has 0 aliphatic heterocycles. The molecule has 0 bridgehead atoms. The zero-order valence-corrected chi connectivity index (χ0v) is 10.8. The lowest BCUT2D eigenvalue weighted by molar-refractivity contribution is -0.127. The lowest BCUT2D eigenvalue weighted by Crippen LogP contribution is -2.21. The van der Waals surface area contributed by atoms with Crippen LogP contribution in [0.2, 0.25) is 0 Å². The van der Waals surface area contributed by atoms with Gasteiger partial charge in [-0.25, -0.2) is 0 Å². The van der Waals surface area contributed by atoms with E-state index in [2.05, 4.69) is 12.2 Å². The zero-order valence-electron chi connectivity index (χ0n) is 10.8. The number of hydrogen-bond acceptors (Lipinski definition) is 4. The van der Waals surface area contributed by atoms with Crippen LogP contribution in [0.1, 0.15) is 27.2 Å². The highest BCUT2D eigenvalue weighted by Gasteiger charge is 2.09. The molecule has 0 aromatic heterocycles. The first kappa shape index (κ1) is 15.6. The van der Waals surface area contributed by atoms with Crippen LogP contribution in [-0.4, -0.2) is 45.3 Å². The van der Waals surface area contributed by atoms with Crippen LogP contribution >= 0.6 is 0 Å². The number of nitrogens with one attached hydrogen (secondary N) is 1. The Morgan fingerprint density at radius 2 is 1.88 bits per heavy atom. The molecule has 1 unspecified atom stereocenters. The maximum Gasteiger partial charge on any atom is 0.161 e. The van der Waals surface area contributed by atoms with Crippen molar-refractivity contribution in [1.82, 2.24) is 5.32 Å². The van der Waals surface area contributed by atoms with E-state index >= 15 is 0 Å². The summed E-state index contributed by atoms with van der Waals surface area (Å²) in [5.41, 5.74) is 0. The number of rotatable bonds is 11. The fraction of sp³-hybridized carbons (Fsp3) is 0.917. The molecule has 4 heteroatoms. The third kappa shape index (κ3) is 8.83. The number of carbonyl (C=O) groups is 1. The van der Waals surface area contributed by atoms with Crippen LogP contribution in [0, 0.1) is 5.92 Å². The van der Waals surface area contributed by atoms with Gasteiger partial charge in [0.15, 0.2) is 5.78 Å². The van der Waals surface area contributed by atoms with Gasteiger partial charge in [-0.3, -0.25) is 4.79 Å². The maximum atomic E-state index is 11.4. The van der Waals surface area contributed by atoms with Gasteiger partial charge in [0, 0.05) is 12.5 Å². The highest BCUT2D eigenvalue weighted by Crippen LogP contribution is 2.01. The van der Waals surface area contributed by atoms with Crippen molar-refractivity contribution in [2.45, 2.75) is 27.2 Å². The van der Waals surface area contributed by atoms with E-state index in [9.17, 15) is 4.79 Å². The van der Waals surface area contributed by atoms with Gasteiger partial charge in [0.05, 0.1) is 19.8 Å². The second-order valence-corrected chi connectivity index (χ2v) is 3.79. The van der Waals surface area contributed by atoms with Gasteiger partial charge in [0.1, 0.15) is 6.61 Å². The van der Waals surface area contributed by atoms with Crippen LogP contribution in [0.5, 0.6) is 0 Å². The molecule has 4 nitrogen and oxygen atoms in total. The van der Waals surface area contributed by atoms with E-state index < -0.39 is 0 Å². The Labute approximate surface area is 98.7 Å². The van der Waals surface area contributed by atoms with Crippen molar-refractivity contribution in [3.63, 3.8) is 0 Å². The van der Waals surface area contributed by atoms with Crippen molar-refractivity contribution in [3.05, 3.63) is 0 Å². The molecule has 96 valence electrons. The molecule has 16 heavy (non-hydrogen) atoms. The summed E-state index contributed by atoms with van der Waals surface area (Å²) in [5.74, 6) is 0.282. The minimum absolute atomic E-state index is 0.106. The highest BCUT2D eigenvalue weighted by atomic mass is 16.5. The first-order chi connectivity index (χ1) is 7.72. The summed E-state index contributed by atoms with van der Waals surface area (Å²) in [5, 5.41) is 3.16. The molecule has 0 aliphatic carbocycles. The first-order valence-electron chi connectivity index (χ1n) is 6.11. The maximum absolute atomic E-state index is 11.4. The minimum Gasteiger partial charge on any atom is -0.378 e. The van der Waals surface area contributed by atoms with Crippen LogP contribution in [0.15, 0.2) is 0 Å². The molecule has 0 aliphatic rings. The molecule has 1 atom stereocenters. The van der Waals surface area contributed by atoms with E-state index in [1.807, 2.05) is 13.8 Å². The number of ketones is 1. The Bertz CT molecular complexity index is 174. The standard InChI is InChI=1S/C12H25NO3/c1-4-11(3)12(14)10-16-9-8-15-7-6-13-5-2/h11,13H,4-10H2,1-3H3. The third-order valence-corrected chi connectivity index (χ3v) is 2.45. The topological polar surface area (TPSA) is 47.6 Å². The van der Waals surface area contributed by atoms with Crippen molar-refractivity contribution in [1.29, 1.82) is 0 Å². The molecule has 0 fully saturated rings. The fourth-order valence-electron chi connectivity index (χ4n) is 1.08. The predicted octanol–water partition coefficient (Wildman–Crippen LogP) is 1.24. The van der Waals surface area contributed by atoms with Gasteiger partial charge in [0.25, 0.3) is 0 Å². The number of Topliss-reactive ketones (excluding diaryl/α,β-unsaturated/α-hetero) is 1. The molecule has 1 N–H and O–H groups in total. The molecule has 0 spiro atoms. The van der Waals surface area contributed by atoms with Gasteiger partial charge in [-0.05, 0) is 13.0 Å². The SMILES string of the molecule is CCNCCOCCOCC(=O)C(C)CC. The number of carbonyl (C=O) groups excluding carboxylic acids is 1. The van der Waals surface area contributed by atoms with E-state index in [4.69, 9.17) is 9.47 Å². The Hall–Kier alpha value is -0.450. The summed E-state index contributed by atoms with van der Waals surface area (Å²) < 4.78 is 10.5. The third-order valence-electron chi connectivity index (χ3n) is 2.45. The van der Waals surface area contributed by atoms with E-state index in [0.717, 1.165) is 19.5 Å². The summed E-state index contributed by atoms with van der Waals surface area (Å²) >= 11 is 0. The zero-order chi connectivity index (χ0) is 12.2. The van der Waals surface area contributed by atoms with Crippen LogP contribution in [-0.2, 0) is 14.3 Å². The second-order valence-electron chi connectivity index (χ2n) is 3.79. The average molecular weight is 231 g/mol. The summed E-state index contributed by atoms with van der Waals surface area (Å²) in [6, 6.07) is 0. The monoisotopic (exact) mass is 231 g/mol. The van der Waals surface area contributed by atoms with Gasteiger partial charge in [0.2, 0.25) is 0 Å². The molecule has 0 aromatic carbocycles. The van der Waals surface area contributed by atoms with Gasteiger partial charge in [-0.1, -0.05) is 20.8 Å². The van der Waals surface area contributed by atoms with Gasteiger partial charge in [-0.2, -0.15) is 0 Å². The summed E-state index contributed by atoms with van der Waals surface area (Å²) in [6.45, 7) is 9.77. The van der Waals surface area contributed by atoms with Crippen molar-refractivity contribution in [2.24, 2.45) is 5.92 Å². The molecule has 0 saturated heterocycles. The lowest BCUT2D eigenvalue weighted by atomic mass is 10.1. The van der Waals surface area contributed by atoms with Crippen LogP contribution < -0.4 is 5.32 Å². The molecule has 0 radical (unpaired) electrons. The second kappa shape index (κ2) is 11.0. The van der Waals surface area contributed by atoms with Crippen molar-refractivity contribution < 1.29 is 14.3 Å². The van der Waals surface area contributed by atoms with Crippen molar-refractivity contribution in [3.8, 4) is 0 Å². The van der Waals surface area contributed by atoms with Crippen molar-refractivity contribution in [2.75, 3.05) is 39.5 Å². The predicted molar refractivity (Wildman–Crippen MR) is 64.6 cm³/mol. The Balaban J connectivity index is 3.18. The molecular weight excluding hydrogens is 206 g/mol. The Morgan fingerprint density at radius 3 is 2.50 bits per heavy atom. The minimum atomic E-state index is 0.106. The number of likely N-dealkylation sites (N-methyl/N-ethyl adjacent to an activating group) is 1. The van der Waals surface area contributed by atoms with Gasteiger partial charge < -0.3 is 14.8 Å². The van der Waals surface area contributed by atoms with Gasteiger partial charge >= 0.3 is 0 Å². The first-order valence-corrected chi connectivity index (χ1v) is 6.11. The fourth-order valence-corrected chi connectivity index (χ4v) is 1.08. The van der Waals surface area contributed by atoms with Crippen molar-refractivity contribution >= 4 is 5.78 Å². The van der Waals surface area contributed by atoms with E-state index in [0.29, 0.717) is 19.8 Å². The molecule has 0 rings (SSSR count). The Morgan fingerprint density at radius 1 is 1.19 bits per heavy atom. The molecule has 0 heterocycles. The Kier molecular flexibility index (Phi) is 10.7. The largest absolute Gasteiger partial charge is 0.378 e.